The van der Waals surface area contributed by atoms with Gasteiger partial charge in [0, 0.05) is 24.0 Å². The van der Waals surface area contributed by atoms with Crippen LogP contribution in [0.4, 0.5) is 5.13 Å². The average molecular weight is 594 g/mol. The van der Waals surface area contributed by atoms with Gasteiger partial charge in [-0.15, -0.1) is 11.3 Å². The molecule has 0 saturated carbocycles. The van der Waals surface area contributed by atoms with Gasteiger partial charge >= 0.3 is 5.97 Å². The molecule has 208 valence electrons. The summed E-state index contributed by atoms with van der Waals surface area (Å²) in [5.41, 5.74) is 1.36. The zero-order valence-electron chi connectivity index (χ0n) is 21.4. The maximum absolute atomic E-state index is 13.2. The van der Waals surface area contributed by atoms with Crippen LogP contribution in [0.3, 0.4) is 0 Å². The number of thiazole rings is 1. The number of methoxy groups -OCH3 is 2. The molecule has 0 bridgehead atoms. The van der Waals surface area contributed by atoms with Gasteiger partial charge in [-0.05, 0) is 49.2 Å². The second-order valence-electron chi connectivity index (χ2n) is 8.70. The third-order valence-corrected chi connectivity index (χ3v) is 9.25. The summed E-state index contributed by atoms with van der Waals surface area (Å²) in [7, 11) is -0.797. The normalized spacial score (nSPS) is 14.3. The Bertz CT molecular complexity index is 1450. The van der Waals surface area contributed by atoms with Gasteiger partial charge in [-0.3, -0.25) is 10.1 Å². The minimum absolute atomic E-state index is 0.0163. The molecule has 1 aliphatic heterocycles. The van der Waals surface area contributed by atoms with E-state index in [2.05, 4.69) is 10.3 Å². The Labute approximate surface area is 235 Å². The number of carbonyl (C=O) groups is 2. The molecule has 1 aromatic heterocycles. The van der Waals surface area contributed by atoms with Crippen molar-refractivity contribution >= 4 is 50.0 Å². The van der Waals surface area contributed by atoms with E-state index in [1.807, 2.05) is 6.07 Å². The zero-order chi connectivity index (χ0) is 28.0. The van der Waals surface area contributed by atoms with E-state index in [9.17, 15) is 18.0 Å². The molecule has 3 aromatic rings. The van der Waals surface area contributed by atoms with Crippen LogP contribution in [-0.4, -0.2) is 63.5 Å². The minimum Gasteiger partial charge on any atom is -0.493 e. The standard InChI is InChI=1S/C26H28ClN3O7S2/c1-35-21-10-8-17(13-22(21)36-2)20-16-38-26(28-20)29-24(31)15-37-25(32)18-7-9-19(27)23(14-18)39(33,34)30-11-5-3-4-6-12-30/h7-10,13-14,16H,3-6,11-12,15H2,1-2H3,(H,28,29,31). The molecule has 0 spiro atoms. The summed E-state index contributed by atoms with van der Waals surface area (Å²) < 4.78 is 43.5. The molecule has 4 rings (SSSR count). The number of carbonyl (C=O) groups excluding carboxylic acids is 2. The van der Waals surface area contributed by atoms with Crippen LogP contribution >= 0.6 is 22.9 Å². The zero-order valence-corrected chi connectivity index (χ0v) is 23.8. The van der Waals surface area contributed by atoms with Crippen LogP contribution < -0.4 is 14.8 Å². The molecule has 0 unspecified atom stereocenters. The number of aromatic nitrogens is 1. The van der Waals surface area contributed by atoms with E-state index in [1.165, 1.54) is 41.0 Å². The molecular weight excluding hydrogens is 566 g/mol. The lowest BCUT2D eigenvalue weighted by Crippen LogP contribution is -2.32. The fourth-order valence-corrected chi connectivity index (χ4v) is 6.83. The van der Waals surface area contributed by atoms with Crippen molar-refractivity contribution in [2.75, 3.05) is 39.2 Å². The summed E-state index contributed by atoms with van der Waals surface area (Å²) >= 11 is 7.41. The second-order valence-corrected chi connectivity index (χ2v) is 11.9. The van der Waals surface area contributed by atoms with Crippen LogP contribution in [0.15, 0.2) is 46.7 Å². The molecule has 1 fully saturated rings. The Hall–Kier alpha value is -3.19. The van der Waals surface area contributed by atoms with Gasteiger partial charge in [0.2, 0.25) is 10.0 Å². The molecule has 39 heavy (non-hydrogen) atoms. The van der Waals surface area contributed by atoms with Crippen LogP contribution in [0.1, 0.15) is 36.0 Å². The molecule has 1 aliphatic rings. The highest BCUT2D eigenvalue weighted by Gasteiger charge is 2.28. The fraction of sp³-hybridized carbons (Fsp3) is 0.346. The molecule has 0 aliphatic carbocycles. The quantitative estimate of drug-likeness (QED) is 0.350. The van der Waals surface area contributed by atoms with Gasteiger partial charge in [-0.25, -0.2) is 18.2 Å². The number of nitrogens with zero attached hydrogens (tertiary/aromatic N) is 2. The Morgan fingerprint density at radius 3 is 2.44 bits per heavy atom. The van der Waals surface area contributed by atoms with Crippen LogP contribution in [0, 0.1) is 0 Å². The summed E-state index contributed by atoms with van der Waals surface area (Å²) in [4.78, 5) is 29.3. The predicted octanol–water partition coefficient (Wildman–Crippen LogP) is 4.84. The van der Waals surface area contributed by atoms with E-state index >= 15 is 0 Å². The lowest BCUT2D eigenvalue weighted by molar-refractivity contribution is -0.119. The number of ether oxygens (including phenoxy) is 3. The molecule has 0 radical (unpaired) electrons. The lowest BCUT2D eigenvalue weighted by Gasteiger charge is -2.21. The van der Waals surface area contributed by atoms with Crippen molar-refractivity contribution in [3.05, 3.63) is 52.4 Å². The first-order valence-electron chi connectivity index (χ1n) is 12.2. The third-order valence-electron chi connectivity index (χ3n) is 6.11. The number of halogens is 1. The SMILES string of the molecule is COc1ccc(-c2csc(NC(=O)COC(=O)c3ccc(Cl)c(S(=O)(=O)N4CCCCCC4)c3)n2)cc1OC. The summed E-state index contributed by atoms with van der Waals surface area (Å²) in [6, 6.07) is 9.24. The number of amides is 1. The number of hydrogen-bond donors (Lipinski definition) is 1. The summed E-state index contributed by atoms with van der Waals surface area (Å²) in [5.74, 6) is -0.313. The largest absolute Gasteiger partial charge is 0.493 e. The highest BCUT2D eigenvalue weighted by Crippen LogP contribution is 2.33. The van der Waals surface area contributed by atoms with E-state index < -0.39 is 28.5 Å². The summed E-state index contributed by atoms with van der Waals surface area (Å²) in [6.07, 6.45) is 3.46. The molecule has 1 N–H and O–H groups in total. The van der Waals surface area contributed by atoms with E-state index in [4.69, 9.17) is 25.8 Å². The summed E-state index contributed by atoms with van der Waals surface area (Å²) in [5, 5.41) is 4.70. The van der Waals surface area contributed by atoms with Crippen LogP contribution in [-0.2, 0) is 19.6 Å². The van der Waals surface area contributed by atoms with Gasteiger partial charge in [0.05, 0.1) is 30.5 Å². The maximum Gasteiger partial charge on any atom is 0.338 e. The molecule has 1 amide bonds. The van der Waals surface area contributed by atoms with Crippen LogP contribution in [0.5, 0.6) is 11.5 Å². The maximum atomic E-state index is 13.2. The van der Waals surface area contributed by atoms with Gasteiger partial charge in [0.25, 0.3) is 5.91 Å². The number of rotatable bonds is 9. The van der Waals surface area contributed by atoms with Crippen molar-refractivity contribution in [3.8, 4) is 22.8 Å². The Balaban J connectivity index is 1.38. The van der Waals surface area contributed by atoms with Crippen molar-refractivity contribution in [2.24, 2.45) is 0 Å². The first-order valence-corrected chi connectivity index (χ1v) is 14.9. The molecule has 0 atom stereocenters. The number of anilines is 1. The van der Waals surface area contributed by atoms with E-state index in [1.54, 1.807) is 24.6 Å². The summed E-state index contributed by atoms with van der Waals surface area (Å²) in [6.45, 7) is 0.219. The third kappa shape index (κ3) is 6.88. The Morgan fingerprint density at radius 2 is 1.74 bits per heavy atom. The van der Waals surface area contributed by atoms with Gasteiger partial charge < -0.3 is 14.2 Å². The molecule has 10 nitrogen and oxygen atoms in total. The average Bonchev–Trinajstić information content (AvgIpc) is 3.21. The number of benzene rings is 2. The van der Waals surface area contributed by atoms with Crippen molar-refractivity contribution in [2.45, 2.75) is 30.6 Å². The van der Waals surface area contributed by atoms with Gasteiger partial charge in [0.15, 0.2) is 23.2 Å². The Morgan fingerprint density at radius 1 is 1.03 bits per heavy atom. The van der Waals surface area contributed by atoms with Gasteiger partial charge in [-0.1, -0.05) is 24.4 Å². The first kappa shape index (κ1) is 28.8. The molecule has 2 heterocycles. The van der Waals surface area contributed by atoms with Gasteiger partial charge in [-0.2, -0.15) is 4.31 Å². The highest BCUT2D eigenvalue weighted by molar-refractivity contribution is 7.89. The molecule has 1 saturated heterocycles. The smallest absolute Gasteiger partial charge is 0.338 e. The highest BCUT2D eigenvalue weighted by atomic mass is 35.5. The monoisotopic (exact) mass is 593 g/mol. The fourth-order valence-electron chi connectivity index (χ4n) is 4.08. The first-order chi connectivity index (χ1) is 18.7. The van der Waals surface area contributed by atoms with Gasteiger partial charge in [0.1, 0.15) is 4.90 Å². The predicted molar refractivity (Wildman–Crippen MR) is 148 cm³/mol. The molecular formula is C26H28ClN3O7S2. The lowest BCUT2D eigenvalue weighted by atomic mass is 10.1. The van der Waals surface area contributed by atoms with Crippen molar-refractivity contribution in [3.63, 3.8) is 0 Å². The second kappa shape index (κ2) is 12.8. The molecule has 13 heteroatoms. The number of nitrogens with one attached hydrogen (secondary N) is 1. The van der Waals surface area contributed by atoms with Crippen molar-refractivity contribution in [1.82, 2.24) is 9.29 Å². The van der Waals surface area contributed by atoms with E-state index in [0.717, 1.165) is 31.2 Å². The number of sulfonamides is 1. The number of hydrogen-bond acceptors (Lipinski definition) is 9. The van der Waals surface area contributed by atoms with Crippen LogP contribution in [0.25, 0.3) is 11.3 Å². The Kier molecular flexibility index (Phi) is 9.44. The number of esters is 1. The van der Waals surface area contributed by atoms with E-state index in [0.29, 0.717) is 35.4 Å². The van der Waals surface area contributed by atoms with Crippen molar-refractivity contribution in [1.29, 1.82) is 0 Å². The van der Waals surface area contributed by atoms with Crippen LogP contribution in [0.2, 0.25) is 5.02 Å². The molecule has 2 aromatic carbocycles. The van der Waals surface area contributed by atoms with Crippen molar-refractivity contribution < 1.29 is 32.2 Å². The minimum atomic E-state index is -3.88. The van der Waals surface area contributed by atoms with E-state index in [-0.39, 0.29) is 15.5 Å². The topological polar surface area (TPSA) is 124 Å².